The molecule has 3 nitrogen and oxygen atoms in total. The zero-order valence-electron chi connectivity index (χ0n) is 8.08. The van der Waals surface area contributed by atoms with Crippen molar-refractivity contribution in [3.05, 3.63) is 21.9 Å². The third-order valence-corrected chi connectivity index (χ3v) is 2.73. The number of nitrogens with one attached hydrogen (secondary N) is 1. The van der Waals surface area contributed by atoms with Crippen LogP contribution in [0.5, 0.6) is 0 Å². The largest absolute Gasteiger partial charge is 0.415 e. The molecule has 1 rings (SSSR count). The molecule has 1 atom stereocenters. The van der Waals surface area contributed by atoms with Gasteiger partial charge in [-0.25, -0.2) is 0 Å². The molecule has 1 aromatic rings. The van der Waals surface area contributed by atoms with E-state index < -0.39 is 18.8 Å². The van der Waals surface area contributed by atoms with E-state index >= 15 is 0 Å². The van der Waals surface area contributed by atoms with Gasteiger partial charge in [-0.1, -0.05) is 0 Å². The predicted molar refractivity (Wildman–Crippen MR) is 52.8 cm³/mol. The first-order chi connectivity index (χ1) is 7.43. The third kappa shape index (κ3) is 3.81. The maximum atomic E-state index is 11.9. The molecule has 0 saturated carbocycles. The van der Waals surface area contributed by atoms with Crippen molar-refractivity contribution in [2.45, 2.75) is 18.8 Å². The zero-order chi connectivity index (χ0) is 12.2. The Morgan fingerprint density at radius 1 is 1.56 bits per heavy atom. The average Bonchev–Trinajstić information content (AvgIpc) is 2.64. The number of aliphatic hydroxyl groups is 1. The molecule has 0 aromatic carbocycles. The van der Waals surface area contributed by atoms with Crippen molar-refractivity contribution < 1.29 is 18.3 Å². The van der Waals surface area contributed by atoms with Crippen LogP contribution in [0.15, 0.2) is 11.4 Å². The molecule has 0 aliphatic rings. The van der Waals surface area contributed by atoms with Crippen molar-refractivity contribution in [2.75, 3.05) is 6.54 Å². The summed E-state index contributed by atoms with van der Waals surface area (Å²) in [5, 5.41) is 21.3. The van der Waals surface area contributed by atoms with Gasteiger partial charge in [-0.2, -0.15) is 18.4 Å². The number of alkyl halides is 3. The molecule has 16 heavy (non-hydrogen) atoms. The minimum atomic E-state index is -4.60. The monoisotopic (exact) mass is 250 g/mol. The lowest BCUT2D eigenvalue weighted by molar-refractivity contribution is -0.201. The summed E-state index contributed by atoms with van der Waals surface area (Å²) < 4.78 is 35.7. The Kier molecular flexibility index (Phi) is 4.29. The van der Waals surface area contributed by atoms with E-state index in [2.05, 4.69) is 5.32 Å². The fourth-order valence-electron chi connectivity index (χ4n) is 0.980. The van der Waals surface area contributed by atoms with Crippen LogP contribution in [0.1, 0.15) is 10.4 Å². The molecule has 0 aliphatic carbocycles. The van der Waals surface area contributed by atoms with Crippen LogP contribution in [0.3, 0.4) is 0 Å². The Bertz CT molecular complexity index is 383. The van der Waals surface area contributed by atoms with E-state index in [-0.39, 0.29) is 6.54 Å². The van der Waals surface area contributed by atoms with E-state index in [1.54, 1.807) is 11.4 Å². The standard InChI is InChI=1S/C9H9F3N2OS/c10-9(11,12)8(15)4-14-3-7-1-6(2-13)5-16-7/h1,5,8,14-15H,3-4H2. The Labute approximate surface area is 94.1 Å². The van der Waals surface area contributed by atoms with E-state index in [0.29, 0.717) is 5.56 Å². The zero-order valence-corrected chi connectivity index (χ0v) is 8.90. The number of hydrogen-bond donors (Lipinski definition) is 2. The Morgan fingerprint density at radius 2 is 2.25 bits per heavy atom. The quantitative estimate of drug-likeness (QED) is 0.854. The first-order valence-electron chi connectivity index (χ1n) is 4.36. The summed E-state index contributed by atoms with van der Waals surface area (Å²) >= 11 is 1.29. The van der Waals surface area contributed by atoms with Crippen LogP contribution >= 0.6 is 11.3 Å². The van der Waals surface area contributed by atoms with Gasteiger partial charge in [0.1, 0.15) is 6.07 Å². The van der Waals surface area contributed by atoms with Crippen LogP contribution in [0.4, 0.5) is 13.2 Å². The van der Waals surface area contributed by atoms with Gasteiger partial charge >= 0.3 is 6.18 Å². The number of thiophene rings is 1. The highest BCUT2D eigenvalue weighted by atomic mass is 32.1. The van der Waals surface area contributed by atoms with Gasteiger partial charge in [0.05, 0.1) is 5.56 Å². The van der Waals surface area contributed by atoms with Crippen LogP contribution in [0, 0.1) is 11.3 Å². The molecule has 0 bridgehead atoms. The second-order valence-corrected chi connectivity index (χ2v) is 4.10. The van der Waals surface area contributed by atoms with Gasteiger partial charge in [-0.3, -0.25) is 0 Å². The number of rotatable bonds is 4. The minimum Gasteiger partial charge on any atom is -0.382 e. The molecule has 2 N–H and O–H groups in total. The van der Waals surface area contributed by atoms with Crippen molar-refractivity contribution in [1.29, 1.82) is 5.26 Å². The van der Waals surface area contributed by atoms with Crippen LogP contribution < -0.4 is 5.32 Å². The predicted octanol–water partition coefficient (Wildman–Crippen LogP) is 1.63. The van der Waals surface area contributed by atoms with Crippen molar-refractivity contribution in [3.63, 3.8) is 0 Å². The number of hydrogen-bond acceptors (Lipinski definition) is 4. The number of nitrogens with zero attached hydrogens (tertiary/aromatic N) is 1. The first-order valence-corrected chi connectivity index (χ1v) is 5.24. The molecular weight excluding hydrogens is 241 g/mol. The van der Waals surface area contributed by atoms with E-state index in [9.17, 15) is 13.2 Å². The molecule has 1 heterocycles. The van der Waals surface area contributed by atoms with Gasteiger partial charge in [0.15, 0.2) is 6.10 Å². The SMILES string of the molecule is N#Cc1csc(CNCC(O)C(F)(F)F)c1. The molecule has 1 aromatic heterocycles. The van der Waals surface area contributed by atoms with Gasteiger partial charge in [0, 0.05) is 23.3 Å². The second-order valence-electron chi connectivity index (χ2n) is 3.10. The number of nitriles is 1. The smallest absolute Gasteiger partial charge is 0.382 e. The summed E-state index contributed by atoms with van der Waals surface area (Å²) in [4.78, 5) is 0.755. The van der Waals surface area contributed by atoms with Crippen molar-refractivity contribution in [3.8, 4) is 6.07 Å². The molecule has 88 valence electrons. The maximum Gasteiger partial charge on any atom is 0.415 e. The highest BCUT2D eigenvalue weighted by molar-refractivity contribution is 7.10. The van der Waals surface area contributed by atoms with Crippen LogP contribution in [-0.2, 0) is 6.54 Å². The second kappa shape index (κ2) is 5.30. The summed E-state index contributed by atoms with van der Waals surface area (Å²) in [5.41, 5.74) is 0.484. The highest BCUT2D eigenvalue weighted by Crippen LogP contribution is 2.19. The fraction of sp³-hybridized carbons (Fsp3) is 0.444. The van der Waals surface area contributed by atoms with Crippen molar-refractivity contribution >= 4 is 11.3 Å². The van der Waals surface area contributed by atoms with Gasteiger partial charge in [0.25, 0.3) is 0 Å². The van der Waals surface area contributed by atoms with Gasteiger partial charge in [-0.05, 0) is 6.07 Å². The normalized spacial score (nSPS) is 13.4. The summed E-state index contributed by atoms with van der Waals surface area (Å²) in [7, 11) is 0. The molecule has 0 amide bonds. The number of aliphatic hydroxyl groups excluding tert-OH is 1. The van der Waals surface area contributed by atoms with E-state index in [0.717, 1.165) is 4.88 Å². The fourth-order valence-corrected chi connectivity index (χ4v) is 1.76. The summed E-state index contributed by atoms with van der Waals surface area (Å²) in [6, 6.07) is 3.52. The highest BCUT2D eigenvalue weighted by Gasteiger charge is 2.37. The molecule has 0 spiro atoms. The third-order valence-electron chi connectivity index (χ3n) is 1.80. The van der Waals surface area contributed by atoms with Gasteiger partial charge in [0.2, 0.25) is 0 Å². The molecule has 0 aliphatic heterocycles. The lowest BCUT2D eigenvalue weighted by Crippen LogP contribution is -2.38. The summed E-state index contributed by atoms with van der Waals surface area (Å²) in [6.07, 6.45) is -6.96. The Hall–Kier alpha value is -1.10. The lowest BCUT2D eigenvalue weighted by atomic mass is 10.3. The van der Waals surface area contributed by atoms with E-state index in [4.69, 9.17) is 10.4 Å². The van der Waals surface area contributed by atoms with Crippen LogP contribution in [0.25, 0.3) is 0 Å². The molecule has 0 radical (unpaired) electrons. The van der Waals surface area contributed by atoms with Crippen LogP contribution in [-0.4, -0.2) is 23.9 Å². The van der Waals surface area contributed by atoms with E-state index in [1.807, 2.05) is 6.07 Å². The maximum absolute atomic E-state index is 11.9. The van der Waals surface area contributed by atoms with Crippen molar-refractivity contribution in [1.82, 2.24) is 5.32 Å². The minimum absolute atomic E-state index is 0.208. The number of halogens is 3. The Morgan fingerprint density at radius 3 is 2.75 bits per heavy atom. The molecule has 1 unspecified atom stereocenters. The first kappa shape index (κ1) is 13.0. The molecule has 0 saturated heterocycles. The van der Waals surface area contributed by atoms with Crippen LogP contribution in [0.2, 0.25) is 0 Å². The molecule has 0 fully saturated rings. The van der Waals surface area contributed by atoms with Gasteiger partial charge < -0.3 is 10.4 Å². The topological polar surface area (TPSA) is 56.0 Å². The van der Waals surface area contributed by atoms with Gasteiger partial charge in [-0.15, -0.1) is 11.3 Å². The lowest BCUT2D eigenvalue weighted by Gasteiger charge is -2.14. The van der Waals surface area contributed by atoms with Crippen molar-refractivity contribution in [2.24, 2.45) is 0 Å². The summed E-state index contributed by atoms with van der Waals surface area (Å²) in [6.45, 7) is -0.344. The molecule has 7 heteroatoms. The average molecular weight is 250 g/mol. The molecular formula is C9H9F3N2OS. The summed E-state index contributed by atoms with van der Waals surface area (Å²) in [5.74, 6) is 0. The Balaban J connectivity index is 2.34. The van der Waals surface area contributed by atoms with E-state index in [1.165, 1.54) is 11.3 Å².